The molecule has 2 aromatic rings. The lowest BCUT2D eigenvalue weighted by Gasteiger charge is -2.37. The van der Waals surface area contributed by atoms with E-state index in [1.807, 2.05) is 0 Å². The number of likely N-dealkylation sites (tertiary alicyclic amines) is 1. The van der Waals surface area contributed by atoms with E-state index in [2.05, 4.69) is 10.3 Å². The maximum atomic E-state index is 12.8. The lowest BCUT2D eigenvalue weighted by Crippen LogP contribution is -2.50. The van der Waals surface area contributed by atoms with Gasteiger partial charge in [0, 0.05) is 31.6 Å². The molecule has 0 bridgehead atoms. The number of carbonyl (C=O) groups is 2. The van der Waals surface area contributed by atoms with Crippen molar-refractivity contribution in [2.75, 3.05) is 19.6 Å². The molecule has 4 rings (SSSR count). The van der Waals surface area contributed by atoms with Crippen LogP contribution >= 0.6 is 0 Å². The Kier molecular flexibility index (Phi) is 4.76. The summed E-state index contributed by atoms with van der Waals surface area (Å²) < 4.78 is 28.5. The Morgan fingerprint density at radius 2 is 2.07 bits per heavy atom. The van der Waals surface area contributed by atoms with E-state index in [9.17, 15) is 18.0 Å². The molecule has 0 unspecified atom stereocenters. The van der Waals surface area contributed by atoms with Gasteiger partial charge in [0.1, 0.15) is 5.69 Å². The Morgan fingerprint density at radius 3 is 2.75 bits per heavy atom. The minimum Gasteiger partial charge on any atom is -0.337 e. The van der Waals surface area contributed by atoms with Crippen LogP contribution in [0.15, 0.2) is 35.4 Å². The number of hydrogen-bond acceptors (Lipinski definition) is 6. The lowest BCUT2D eigenvalue weighted by atomic mass is 10.2. The van der Waals surface area contributed by atoms with Gasteiger partial charge in [0.2, 0.25) is 15.9 Å². The van der Waals surface area contributed by atoms with Crippen LogP contribution in [-0.4, -0.2) is 63.9 Å². The predicted molar refractivity (Wildman–Crippen MR) is 98.9 cm³/mol. The number of amides is 1. The Hall–Kier alpha value is -2.59. The second-order valence-electron chi connectivity index (χ2n) is 7.17. The fourth-order valence-corrected chi connectivity index (χ4v) is 5.00. The average molecular weight is 403 g/mol. The summed E-state index contributed by atoms with van der Waals surface area (Å²) in [5.41, 5.74) is 1.07. The first-order valence-corrected chi connectivity index (χ1v) is 10.6. The van der Waals surface area contributed by atoms with Crippen LogP contribution in [0.2, 0.25) is 0 Å². The first-order chi connectivity index (χ1) is 13.3. The zero-order valence-electron chi connectivity index (χ0n) is 15.5. The van der Waals surface area contributed by atoms with E-state index < -0.39 is 10.0 Å². The number of sulfonamides is 1. The van der Waals surface area contributed by atoms with Crippen molar-refractivity contribution < 1.29 is 18.0 Å². The number of aromatic nitrogens is 3. The normalized spacial score (nSPS) is 18.5. The number of Topliss-reactive ketones (excluding diaryl/α,β-unsaturated/α-hetero) is 1. The summed E-state index contributed by atoms with van der Waals surface area (Å²) in [6, 6.07) is 5.98. The number of rotatable bonds is 6. The van der Waals surface area contributed by atoms with Gasteiger partial charge in [0.05, 0.1) is 23.7 Å². The van der Waals surface area contributed by atoms with Gasteiger partial charge in [0.25, 0.3) is 0 Å². The van der Waals surface area contributed by atoms with Crippen molar-refractivity contribution in [3.63, 3.8) is 0 Å². The van der Waals surface area contributed by atoms with E-state index >= 15 is 0 Å². The fraction of sp³-hybridized carbons (Fsp3) is 0.444. The molecule has 0 aliphatic carbocycles. The summed E-state index contributed by atoms with van der Waals surface area (Å²) in [6.07, 6.45) is 3.22. The molecule has 2 saturated heterocycles. The maximum absolute atomic E-state index is 12.8. The van der Waals surface area contributed by atoms with Crippen molar-refractivity contribution in [2.24, 2.45) is 0 Å². The number of ketones is 1. The molecule has 10 heteroatoms. The van der Waals surface area contributed by atoms with Crippen LogP contribution in [0, 0.1) is 0 Å². The van der Waals surface area contributed by atoms with E-state index in [0.29, 0.717) is 24.2 Å². The molecule has 2 fully saturated rings. The first kappa shape index (κ1) is 18.8. The Balaban J connectivity index is 1.41. The standard InChI is InChI=1S/C18H21N5O4S/c1-13(24)14-4-2-5-17(8-14)28(26,27)22-11-16(12-22)23-10-15(19-20-23)9-21-7-3-6-18(21)25/h2,4-5,8,10,16H,3,6-7,9,11-12H2,1H3. The second kappa shape index (κ2) is 7.10. The Labute approximate surface area is 163 Å². The fourth-order valence-electron chi connectivity index (χ4n) is 3.44. The van der Waals surface area contributed by atoms with Gasteiger partial charge in [0.15, 0.2) is 5.78 Å². The number of hydrogen-bond donors (Lipinski definition) is 0. The summed E-state index contributed by atoms with van der Waals surface area (Å²) >= 11 is 0. The molecule has 0 atom stereocenters. The van der Waals surface area contributed by atoms with Crippen molar-refractivity contribution in [1.82, 2.24) is 24.2 Å². The third-order valence-corrected chi connectivity index (χ3v) is 6.99. The number of carbonyl (C=O) groups excluding carboxylic acids is 2. The zero-order valence-corrected chi connectivity index (χ0v) is 16.3. The first-order valence-electron chi connectivity index (χ1n) is 9.14. The summed E-state index contributed by atoms with van der Waals surface area (Å²) in [6.45, 7) is 3.16. The van der Waals surface area contributed by atoms with Crippen molar-refractivity contribution in [3.05, 3.63) is 41.7 Å². The van der Waals surface area contributed by atoms with E-state index in [0.717, 1.165) is 13.0 Å². The van der Waals surface area contributed by atoms with Gasteiger partial charge in [-0.3, -0.25) is 9.59 Å². The van der Waals surface area contributed by atoms with Gasteiger partial charge < -0.3 is 4.90 Å². The Morgan fingerprint density at radius 1 is 1.29 bits per heavy atom. The molecule has 0 saturated carbocycles. The smallest absolute Gasteiger partial charge is 0.243 e. The van der Waals surface area contributed by atoms with Crippen molar-refractivity contribution in [2.45, 2.75) is 37.2 Å². The summed E-state index contributed by atoms with van der Waals surface area (Å²) in [7, 11) is -3.65. The number of benzene rings is 1. The van der Waals surface area contributed by atoms with Gasteiger partial charge in [-0.15, -0.1) is 5.10 Å². The highest BCUT2D eigenvalue weighted by molar-refractivity contribution is 7.89. The van der Waals surface area contributed by atoms with Gasteiger partial charge in [-0.1, -0.05) is 17.3 Å². The molecule has 28 heavy (non-hydrogen) atoms. The van der Waals surface area contributed by atoms with Crippen LogP contribution in [-0.2, 0) is 21.4 Å². The summed E-state index contributed by atoms with van der Waals surface area (Å²) in [4.78, 5) is 25.1. The van der Waals surface area contributed by atoms with Crippen molar-refractivity contribution >= 4 is 21.7 Å². The van der Waals surface area contributed by atoms with Gasteiger partial charge in [-0.2, -0.15) is 4.31 Å². The molecule has 148 valence electrons. The third kappa shape index (κ3) is 3.45. The van der Waals surface area contributed by atoms with Crippen LogP contribution in [0.3, 0.4) is 0 Å². The highest BCUT2D eigenvalue weighted by atomic mass is 32.2. The van der Waals surface area contributed by atoms with Gasteiger partial charge >= 0.3 is 0 Å². The zero-order chi connectivity index (χ0) is 19.9. The molecule has 0 spiro atoms. The minimum atomic E-state index is -3.65. The van der Waals surface area contributed by atoms with E-state index in [1.54, 1.807) is 27.9 Å². The molecule has 9 nitrogen and oxygen atoms in total. The molecule has 1 amide bonds. The predicted octanol–water partition coefficient (Wildman–Crippen LogP) is 0.849. The lowest BCUT2D eigenvalue weighted by molar-refractivity contribution is -0.128. The van der Waals surface area contributed by atoms with Crippen LogP contribution < -0.4 is 0 Å². The SMILES string of the molecule is CC(=O)c1cccc(S(=O)(=O)N2CC(n3cc(CN4CCCC4=O)nn3)C2)c1. The van der Waals surface area contributed by atoms with E-state index in [-0.39, 0.29) is 35.7 Å². The topological polar surface area (TPSA) is 105 Å². The van der Waals surface area contributed by atoms with Crippen LogP contribution in [0.5, 0.6) is 0 Å². The van der Waals surface area contributed by atoms with Crippen LogP contribution in [0.25, 0.3) is 0 Å². The highest BCUT2D eigenvalue weighted by Crippen LogP contribution is 2.28. The summed E-state index contributed by atoms with van der Waals surface area (Å²) in [5, 5.41) is 8.20. The second-order valence-corrected chi connectivity index (χ2v) is 9.11. The van der Waals surface area contributed by atoms with Crippen LogP contribution in [0.4, 0.5) is 0 Å². The highest BCUT2D eigenvalue weighted by Gasteiger charge is 2.38. The molecule has 2 aliphatic heterocycles. The van der Waals surface area contributed by atoms with Crippen LogP contribution in [0.1, 0.15) is 41.9 Å². The van der Waals surface area contributed by atoms with Gasteiger partial charge in [-0.05, 0) is 25.5 Å². The molecule has 3 heterocycles. The van der Waals surface area contributed by atoms with Crippen molar-refractivity contribution in [1.29, 1.82) is 0 Å². The van der Waals surface area contributed by atoms with E-state index in [1.165, 1.54) is 23.4 Å². The van der Waals surface area contributed by atoms with Crippen molar-refractivity contribution in [3.8, 4) is 0 Å². The molecule has 1 aromatic heterocycles. The molecule has 2 aliphatic rings. The molecule has 0 radical (unpaired) electrons. The molecule has 0 N–H and O–H groups in total. The molecule has 1 aromatic carbocycles. The van der Waals surface area contributed by atoms with E-state index in [4.69, 9.17) is 0 Å². The molecular weight excluding hydrogens is 382 g/mol. The third-order valence-electron chi connectivity index (χ3n) is 5.16. The maximum Gasteiger partial charge on any atom is 0.243 e. The average Bonchev–Trinajstić information content (AvgIpc) is 3.23. The summed E-state index contributed by atoms with van der Waals surface area (Å²) in [5.74, 6) is -0.0478. The monoisotopic (exact) mass is 403 g/mol. The quantitative estimate of drug-likeness (QED) is 0.662. The largest absolute Gasteiger partial charge is 0.337 e. The van der Waals surface area contributed by atoms with Gasteiger partial charge in [-0.25, -0.2) is 13.1 Å². The molecular formula is C18H21N5O4S. The Bertz CT molecular complexity index is 1030. The minimum absolute atomic E-state index is 0.0960. The number of nitrogens with zero attached hydrogens (tertiary/aromatic N) is 5.